The van der Waals surface area contributed by atoms with Crippen molar-refractivity contribution >= 4 is 27.7 Å². The monoisotopic (exact) mass is 510 g/mol. The molecule has 0 N–H and O–H groups in total. The van der Waals surface area contributed by atoms with Crippen LogP contribution < -0.4 is 0 Å². The molecule has 1 atom stereocenters. The minimum absolute atomic E-state index is 0.0255. The molecule has 1 aliphatic rings. The van der Waals surface area contributed by atoms with E-state index in [0.29, 0.717) is 37.6 Å². The second-order valence-electron chi connectivity index (χ2n) is 8.14. The molecule has 1 fully saturated rings. The Balaban J connectivity index is 1.53. The standard InChI is InChI=1S/C26H27BrN2O4/c27-22-12-10-21(11-13-22)26(31)29(18-24-9-5-15-33-24)19-25(30)28(17-23-8-4-14-32-23)16-20-6-2-1-3-7-20/h1-4,6-8,10-14,24H,5,9,15-19H2. The highest BCUT2D eigenvalue weighted by molar-refractivity contribution is 9.10. The number of nitrogens with zero attached hydrogens (tertiary/aromatic N) is 2. The second-order valence-corrected chi connectivity index (χ2v) is 9.06. The summed E-state index contributed by atoms with van der Waals surface area (Å²) in [4.78, 5) is 30.2. The van der Waals surface area contributed by atoms with Gasteiger partial charge in [0, 0.05) is 29.7 Å². The molecule has 6 nitrogen and oxygen atoms in total. The van der Waals surface area contributed by atoms with Crippen molar-refractivity contribution in [2.24, 2.45) is 0 Å². The zero-order valence-electron chi connectivity index (χ0n) is 18.4. The van der Waals surface area contributed by atoms with Gasteiger partial charge < -0.3 is 19.0 Å². The molecule has 33 heavy (non-hydrogen) atoms. The zero-order valence-corrected chi connectivity index (χ0v) is 19.9. The van der Waals surface area contributed by atoms with Crippen LogP contribution in [0.1, 0.15) is 34.5 Å². The van der Waals surface area contributed by atoms with E-state index in [2.05, 4.69) is 15.9 Å². The lowest BCUT2D eigenvalue weighted by Gasteiger charge is -2.29. The largest absolute Gasteiger partial charge is 0.467 e. The molecular formula is C26H27BrN2O4. The lowest BCUT2D eigenvalue weighted by atomic mass is 10.1. The van der Waals surface area contributed by atoms with E-state index in [9.17, 15) is 9.59 Å². The third kappa shape index (κ3) is 6.55. The number of carbonyl (C=O) groups is 2. The summed E-state index contributed by atoms with van der Waals surface area (Å²) in [5.74, 6) is 0.381. The summed E-state index contributed by atoms with van der Waals surface area (Å²) in [5, 5.41) is 0. The first kappa shape index (κ1) is 23.3. The number of hydrogen-bond acceptors (Lipinski definition) is 4. The smallest absolute Gasteiger partial charge is 0.254 e. The SMILES string of the molecule is O=C(CN(CC1CCCO1)C(=O)c1ccc(Br)cc1)N(Cc1ccccc1)Cc1ccco1. The van der Waals surface area contributed by atoms with Crippen molar-refractivity contribution in [1.29, 1.82) is 0 Å². The molecule has 0 radical (unpaired) electrons. The fourth-order valence-corrected chi connectivity index (χ4v) is 4.18. The second kappa shape index (κ2) is 11.3. The third-order valence-corrected chi connectivity index (χ3v) is 6.18. The van der Waals surface area contributed by atoms with Crippen molar-refractivity contribution < 1.29 is 18.7 Å². The summed E-state index contributed by atoms with van der Waals surface area (Å²) in [7, 11) is 0. The van der Waals surface area contributed by atoms with E-state index >= 15 is 0 Å². The Morgan fingerprint density at radius 2 is 1.73 bits per heavy atom. The van der Waals surface area contributed by atoms with Gasteiger partial charge in [0.2, 0.25) is 5.91 Å². The maximum absolute atomic E-state index is 13.5. The van der Waals surface area contributed by atoms with Gasteiger partial charge >= 0.3 is 0 Å². The van der Waals surface area contributed by atoms with Gasteiger partial charge in [-0.2, -0.15) is 0 Å². The molecule has 4 rings (SSSR count). The van der Waals surface area contributed by atoms with Crippen molar-refractivity contribution in [1.82, 2.24) is 9.80 Å². The average Bonchev–Trinajstić information content (AvgIpc) is 3.53. The number of amides is 2. The molecule has 0 spiro atoms. The predicted molar refractivity (Wildman–Crippen MR) is 128 cm³/mol. The van der Waals surface area contributed by atoms with Gasteiger partial charge in [-0.15, -0.1) is 0 Å². The van der Waals surface area contributed by atoms with Crippen LogP contribution in [0.25, 0.3) is 0 Å². The van der Waals surface area contributed by atoms with Crippen LogP contribution in [-0.2, 0) is 22.6 Å². The number of carbonyl (C=O) groups excluding carboxylic acids is 2. The molecule has 1 unspecified atom stereocenters. The van der Waals surface area contributed by atoms with E-state index in [4.69, 9.17) is 9.15 Å². The number of halogens is 1. The Morgan fingerprint density at radius 3 is 2.39 bits per heavy atom. The lowest BCUT2D eigenvalue weighted by Crippen LogP contribution is -2.45. The Labute approximate surface area is 202 Å². The van der Waals surface area contributed by atoms with E-state index in [1.54, 1.807) is 34.3 Å². The number of hydrogen-bond donors (Lipinski definition) is 0. The molecule has 3 aromatic rings. The van der Waals surface area contributed by atoms with Crippen LogP contribution in [0.15, 0.2) is 81.9 Å². The fourth-order valence-electron chi connectivity index (χ4n) is 3.92. The third-order valence-electron chi connectivity index (χ3n) is 5.65. The van der Waals surface area contributed by atoms with E-state index in [0.717, 1.165) is 22.9 Å². The summed E-state index contributed by atoms with van der Waals surface area (Å²) in [6, 6.07) is 20.7. The van der Waals surface area contributed by atoms with Crippen LogP contribution in [0.4, 0.5) is 0 Å². The summed E-state index contributed by atoms with van der Waals surface area (Å²) in [5.41, 5.74) is 1.56. The highest BCUT2D eigenvalue weighted by Gasteiger charge is 2.27. The number of benzene rings is 2. The number of furan rings is 1. The first-order valence-corrected chi connectivity index (χ1v) is 11.9. The van der Waals surface area contributed by atoms with Gasteiger partial charge in [0.1, 0.15) is 12.3 Å². The van der Waals surface area contributed by atoms with Gasteiger partial charge in [0.25, 0.3) is 5.91 Å². The van der Waals surface area contributed by atoms with Gasteiger partial charge in [-0.05, 0) is 54.8 Å². The molecular weight excluding hydrogens is 484 g/mol. The van der Waals surface area contributed by atoms with Crippen LogP contribution in [0.3, 0.4) is 0 Å². The van der Waals surface area contributed by atoms with Crippen molar-refractivity contribution in [2.45, 2.75) is 32.0 Å². The molecule has 0 bridgehead atoms. The van der Waals surface area contributed by atoms with E-state index in [-0.39, 0.29) is 24.5 Å². The quantitative estimate of drug-likeness (QED) is 0.411. The maximum atomic E-state index is 13.5. The Bertz CT molecular complexity index is 1030. The molecule has 1 saturated heterocycles. The minimum atomic E-state index is -0.177. The van der Waals surface area contributed by atoms with E-state index in [1.165, 1.54) is 0 Å². The van der Waals surface area contributed by atoms with Gasteiger partial charge in [-0.1, -0.05) is 46.3 Å². The normalized spacial score (nSPS) is 15.4. The Morgan fingerprint density at radius 1 is 0.939 bits per heavy atom. The highest BCUT2D eigenvalue weighted by atomic mass is 79.9. The fraction of sp³-hybridized carbons (Fsp3) is 0.308. The Kier molecular flexibility index (Phi) is 7.96. The molecule has 2 aromatic carbocycles. The lowest BCUT2D eigenvalue weighted by molar-refractivity contribution is -0.133. The Hall–Kier alpha value is -2.90. The van der Waals surface area contributed by atoms with Crippen LogP contribution >= 0.6 is 15.9 Å². The molecule has 2 heterocycles. The van der Waals surface area contributed by atoms with Gasteiger partial charge in [0.05, 0.1) is 18.9 Å². The average molecular weight is 511 g/mol. The van der Waals surface area contributed by atoms with E-state index in [1.807, 2.05) is 48.5 Å². The topological polar surface area (TPSA) is 63.0 Å². The van der Waals surface area contributed by atoms with Gasteiger partial charge in [0.15, 0.2) is 0 Å². The van der Waals surface area contributed by atoms with Gasteiger partial charge in [-0.3, -0.25) is 9.59 Å². The molecule has 1 aliphatic heterocycles. The predicted octanol–water partition coefficient (Wildman–Crippen LogP) is 4.89. The number of rotatable bonds is 9. The molecule has 0 saturated carbocycles. The van der Waals surface area contributed by atoms with Crippen molar-refractivity contribution in [3.05, 3.63) is 94.4 Å². The van der Waals surface area contributed by atoms with Gasteiger partial charge in [-0.25, -0.2) is 0 Å². The highest BCUT2D eigenvalue weighted by Crippen LogP contribution is 2.18. The van der Waals surface area contributed by atoms with Crippen molar-refractivity contribution in [3.63, 3.8) is 0 Å². The van der Waals surface area contributed by atoms with E-state index < -0.39 is 0 Å². The van der Waals surface area contributed by atoms with Crippen molar-refractivity contribution in [3.8, 4) is 0 Å². The first-order chi connectivity index (χ1) is 16.1. The van der Waals surface area contributed by atoms with Crippen LogP contribution in [0, 0.1) is 0 Å². The molecule has 2 amide bonds. The molecule has 7 heteroatoms. The summed E-state index contributed by atoms with van der Waals surface area (Å²) in [6.45, 7) is 1.82. The first-order valence-electron chi connectivity index (χ1n) is 11.1. The summed E-state index contributed by atoms with van der Waals surface area (Å²) in [6.07, 6.45) is 3.40. The van der Waals surface area contributed by atoms with Crippen LogP contribution in [0.2, 0.25) is 0 Å². The molecule has 1 aromatic heterocycles. The van der Waals surface area contributed by atoms with Crippen LogP contribution in [0.5, 0.6) is 0 Å². The summed E-state index contributed by atoms with van der Waals surface area (Å²) < 4.78 is 12.2. The number of ether oxygens (including phenoxy) is 1. The summed E-state index contributed by atoms with van der Waals surface area (Å²) >= 11 is 3.41. The van der Waals surface area contributed by atoms with Crippen molar-refractivity contribution in [2.75, 3.05) is 19.7 Å². The minimum Gasteiger partial charge on any atom is -0.467 e. The molecule has 172 valence electrons. The zero-order chi connectivity index (χ0) is 23.0. The van der Waals surface area contributed by atoms with Crippen LogP contribution in [-0.4, -0.2) is 47.4 Å². The molecule has 0 aliphatic carbocycles. The maximum Gasteiger partial charge on any atom is 0.254 e.